The molecule has 0 atom stereocenters. The molecule has 0 unspecified atom stereocenters. The summed E-state index contributed by atoms with van der Waals surface area (Å²) in [6.45, 7) is 3.55. The largest absolute Gasteiger partial charge is 0.506 e. The number of anilines is 3. The zero-order valence-electron chi connectivity index (χ0n) is 16.4. The molecule has 8 nitrogen and oxygen atoms in total. The fraction of sp³-hybridized carbons (Fsp3) is 0.143. The molecule has 0 bridgehead atoms. The van der Waals surface area contributed by atoms with Gasteiger partial charge >= 0.3 is 0 Å². The Morgan fingerprint density at radius 1 is 1.29 bits per heavy atom. The normalized spacial score (nSPS) is 10.8. The van der Waals surface area contributed by atoms with Crippen LogP contribution in [-0.4, -0.2) is 36.7 Å². The Bertz CT molecular complexity index is 1300. The number of phenolic OH excluding ortho intramolecular Hbond substituents is 1. The fourth-order valence-corrected chi connectivity index (χ4v) is 4.07. The molecular weight excluding hydrogens is 436 g/mol. The van der Waals surface area contributed by atoms with Crippen LogP contribution in [0.15, 0.2) is 48.4 Å². The predicted molar refractivity (Wildman–Crippen MR) is 125 cm³/mol. The third-order valence-electron chi connectivity index (χ3n) is 4.12. The lowest BCUT2D eigenvalue weighted by molar-refractivity contribution is -0.115. The van der Waals surface area contributed by atoms with E-state index in [0.29, 0.717) is 28.4 Å². The van der Waals surface area contributed by atoms with Crippen molar-refractivity contribution in [2.24, 2.45) is 0 Å². The van der Waals surface area contributed by atoms with Crippen LogP contribution in [0.3, 0.4) is 0 Å². The Morgan fingerprint density at radius 2 is 2.06 bits per heavy atom. The average molecular weight is 457 g/mol. The molecule has 10 heteroatoms. The number of benzene rings is 2. The van der Waals surface area contributed by atoms with E-state index in [4.69, 9.17) is 5.73 Å². The van der Waals surface area contributed by atoms with Gasteiger partial charge in [0.25, 0.3) is 0 Å². The third kappa shape index (κ3) is 6.21. The van der Waals surface area contributed by atoms with Crippen molar-refractivity contribution in [3.63, 3.8) is 0 Å². The van der Waals surface area contributed by atoms with Gasteiger partial charge < -0.3 is 21.5 Å². The van der Waals surface area contributed by atoms with E-state index in [9.17, 15) is 18.3 Å². The number of fused-ring (bicyclic) bond motifs is 1. The van der Waals surface area contributed by atoms with Gasteiger partial charge in [0.1, 0.15) is 11.3 Å². The zero-order chi connectivity index (χ0) is 22.4. The lowest BCUT2D eigenvalue weighted by Crippen LogP contribution is -2.16. The van der Waals surface area contributed by atoms with Crippen molar-refractivity contribution in [3.05, 3.63) is 53.9 Å². The number of hydrogen-bond acceptors (Lipinski definition) is 8. The Morgan fingerprint density at radius 3 is 2.84 bits per heavy atom. The Hall–Kier alpha value is -3.55. The molecule has 1 amide bonds. The molecule has 0 aliphatic heterocycles. The minimum atomic E-state index is -3.42. The van der Waals surface area contributed by atoms with Gasteiger partial charge in [-0.05, 0) is 30.3 Å². The van der Waals surface area contributed by atoms with Crippen LogP contribution in [0, 0.1) is 11.8 Å². The summed E-state index contributed by atoms with van der Waals surface area (Å²) in [4.78, 5) is 16.0. The Kier molecular flexibility index (Phi) is 6.79. The maximum Gasteiger partial charge on any atom is 0.225 e. The topological polar surface area (TPSA) is 134 Å². The molecule has 2 aromatic carbocycles. The SMILES string of the molecule is C=CS(=O)(=O)CCC(=O)Nc1cccc(NCC#Cc2cc(O)c3nc(N)sc3c2)c1. The monoisotopic (exact) mass is 456 g/mol. The van der Waals surface area contributed by atoms with Crippen LogP contribution in [0.25, 0.3) is 10.2 Å². The summed E-state index contributed by atoms with van der Waals surface area (Å²) in [5.41, 5.74) is 8.06. The van der Waals surface area contributed by atoms with Gasteiger partial charge in [0.15, 0.2) is 15.0 Å². The molecule has 0 saturated heterocycles. The predicted octanol–water partition coefficient (Wildman–Crippen LogP) is 2.93. The Balaban J connectivity index is 1.57. The number of sulfone groups is 1. The highest BCUT2D eigenvalue weighted by molar-refractivity contribution is 7.94. The van der Waals surface area contributed by atoms with Crippen LogP contribution in [-0.2, 0) is 14.6 Å². The molecule has 0 saturated carbocycles. The standard InChI is InChI=1S/C21H20N4O4S2/c1-2-31(28,29)10-8-19(27)24-16-7-3-6-15(13-16)23-9-4-5-14-11-17(26)20-18(12-14)30-21(22)25-20/h2-3,6-7,11-13,23,26H,1,8-10H2,(H2,22,25)(H,24,27). The molecule has 3 aromatic rings. The van der Waals surface area contributed by atoms with E-state index in [1.807, 2.05) is 12.1 Å². The van der Waals surface area contributed by atoms with Crippen LogP contribution in [0.1, 0.15) is 12.0 Å². The van der Waals surface area contributed by atoms with E-state index in [0.717, 1.165) is 15.8 Å². The van der Waals surface area contributed by atoms with Crippen molar-refractivity contribution in [3.8, 4) is 17.6 Å². The van der Waals surface area contributed by atoms with Gasteiger partial charge in [-0.25, -0.2) is 13.4 Å². The molecule has 0 spiro atoms. The second-order valence-electron chi connectivity index (χ2n) is 6.46. The number of amides is 1. The van der Waals surface area contributed by atoms with Gasteiger partial charge in [-0.15, -0.1) is 0 Å². The van der Waals surface area contributed by atoms with Crippen LogP contribution < -0.4 is 16.4 Å². The van der Waals surface area contributed by atoms with Gasteiger partial charge in [0.2, 0.25) is 5.91 Å². The number of nitrogens with zero attached hydrogens (tertiary/aromatic N) is 1. The summed E-state index contributed by atoms with van der Waals surface area (Å²) < 4.78 is 23.6. The Labute approximate surface area is 183 Å². The second-order valence-corrected chi connectivity index (χ2v) is 9.59. The second kappa shape index (κ2) is 9.51. The molecule has 0 aliphatic carbocycles. The van der Waals surface area contributed by atoms with E-state index in [1.165, 1.54) is 17.4 Å². The lowest BCUT2D eigenvalue weighted by atomic mass is 10.2. The summed E-state index contributed by atoms with van der Waals surface area (Å²) in [7, 11) is -3.42. The highest BCUT2D eigenvalue weighted by Gasteiger charge is 2.10. The number of carbonyl (C=O) groups excluding carboxylic acids is 1. The van der Waals surface area contributed by atoms with E-state index in [2.05, 4.69) is 34.0 Å². The molecule has 1 heterocycles. The van der Waals surface area contributed by atoms with Gasteiger partial charge in [-0.3, -0.25) is 4.79 Å². The molecule has 31 heavy (non-hydrogen) atoms. The van der Waals surface area contributed by atoms with Gasteiger partial charge in [0.05, 0.1) is 17.0 Å². The number of hydrogen-bond donors (Lipinski definition) is 4. The quantitative estimate of drug-likeness (QED) is 0.402. The summed E-state index contributed by atoms with van der Waals surface area (Å²) in [5.74, 6) is 5.29. The van der Waals surface area contributed by atoms with Crippen molar-refractivity contribution in [2.75, 3.05) is 28.7 Å². The molecule has 3 rings (SSSR count). The molecule has 160 valence electrons. The highest BCUT2D eigenvalue weighted by Crippen LogP contribution is 2.31. The number of carbonyl (C=O) groups is 1. The summed E-state index contributed by atoms with van der Waals surface area (Å²) >= 11 is 1.28. The van der Waals surface area contributed by atoms with Crippen molar-refractivity contribution < 1.29 is 18.3 Å². The first-order valence-corrected chi connectivity index (χ1v) is 11.7. The number of nitrogens with one attached hydrogen (secondary N) is 2. The first-order valence-electron chi connectivity index (χ1n) is 9.12. The molecule has 0 aliphatic rings. The molecule has 5 N–H and O–H groups in total. The third-order valence-corrected chi connectivity index (χ3v) is 6.23. The first-order chi connectivity index (χ1) is 14.8. The number of rotatable bonds is 7. The van der Waals surface area contributed by atoms with E-state index in [1.54, 1.807) is 18.2 Å². The van der Waals surface area contributed by atoms with E-state index >= 15 is 0 Å². The zero-order valence-corrected chi connectivity index (χ0v) is 18.0. The molecular formula is C21H20N4O4S2. The maximum atomic E-state index is 11.9. The maximum absolute atomic E-state index is 11.9. The van der Waals surface area contributed by atoms with Gasteiger partial charge in [-0.1, -0.05) is 35.8 Å². The summed E-state index contributed by atoms with van der Waals surface area (Å²) in [5, 5.41) is 17.0. The van der Waals surface area contributed by atoms with E-state index < -0.39 is 15.7 Å². The van der Waals surface area contributed by atoms with Gasteiger partial charge in [-0.2, -0.15) is 0 Å². The van der Waals surface area contributed by atoms with Gasteiger partial charge in [0, 0.05) is 28.8 Å². The molecule has 1 aromatic heterocycles. The van der Waals surface area contributed by atoms with Crippen molar-refractivity contribution in [1.82, 2.24) is 4.98 Å². The first kappa shape index (κ1) is 22.1. The fourth-order valence-electron chi connectivity index (χ4n) is 2.64. The van der Waals surface area contributed by atoms with Crippen LogP contribution >= 0.6 is 11.3 Å². The van der Waals surface area contributed by atoms with Crippen LogP contribution in [0.4, 0.5) is 16.5 Å². The minimum absolute atomic E-state index is 0.0343. The molecule has 0 fully saturated rings. The number of aromatic hydroxyl groups is 1. The number of thiazole rings is 1. The molecule has 0 radical (unpaired) electrons. The number of aromatic nitrogens is 1. The van der Waals surface area contributed by atoms with Crippen molar-refractivity contribution >= 4 is 53.8 Å². The minimum Gasteiger partial charge on any atom is -0.506 e. The van der Waals surface area contributed by atoms with Crippen molar-refractivity contribution in [1.29, 1.82) is 0 Å². The highest BCUT2D eigenvalue weighted by atomic mass is 32.2. The number of phenols is 1. The average Bonchev–Trinajstić information content (AvgIpc) is 3.11. The van der Waals surface area contributed by atoms with Crippen LogP contribution in [0.2, 0.25) is 0 Å². The smallest absolute Gasteiger partial charge is 0.225 e. The van der Waals surface area contributed by atoms with Crippen molar-refractivity contribution in [2.45, 2.75) is 6.42 Å². The number of nitrogen functional groups attached to an aromatic ring is 1. The van der Waals surface area contributed by atoms with E-state index in [-0.39, 0.29) is 17.9 Å². The summed E-state index contributed by atoms with van der Waals surface area (Å²) in [6, 6.07) is 10.4. The number of nitrogens with two attached hydrogens (primary N) is 1. The van der Waals surface area contributed by atoms with Crippen LogP contribution in [0.5, 0.6) is 5.75 Å². The lowest BCUT2D eigenvalue weighted by Gasteiger charge is -2.08. The summed E-state index contributed by atoms with van der Waals surface area (Å²) in [6.07, 6.45) is -0.153.